The Bertz CT molecular complexity index is 405. The fourth-order valence-electron chi connectivity index (χ4n) is 3.08. The first kappa shape index (κ1) is 10.2. The van der Waals surface area contributed by atoms with Gasteiger partial charge >= 0.3 is 0 Å². The predicted molar refractivity (Wildman–Crippen MR) is 62.6 cm³/mol. The third-order valence-electron chi connectivity index (χ3n) is 3.93. The van der Waals surface area contributed by atoms with Crippen LogP contribution in [-0.4, -0.2) is 10.7 Å². The van der Waals surface area contributed by atoms with E-state index in [0.29, 0.717) is 0 Å². The molecule has 0 aromatic heterocycles. The van der Waals surface area contributed by atoms with Crippen molar-refractivity contribution in [2.45, 2.75) is 50.7 Å². The van der Waals surface area contributed by atoms with E-state index in [2.05, 4.69) is 6.07 Å². The van der Waals surface area contributed by atoms with E-state index in [1.165, 1.54) is 18.4 Å². The van der Waals surface area contributed by atoms with Gasteiger partial charge in [0.1, 0.15) is 11.4 Å². The van der Waals surface area contributed by atoms with Gasteiger partial charge in [-0.3, -0.25) is 0 Å². The Labute approximate surface area is 96.2 Å². The van der Waals surface area contributed by atoms with E-state index in [-0.39, 0.29) is 11.7 Å². The normalized spacial score (nSPS) is 26.5. The molecule has 2 heteroatoms. The number of ether oxygens (including phenoxy) is 1. The highest BCUT2D eigenvalue weighted by atomic mass is 16.5. The van der Waals surface area contributed by atoms with Crippen molar-refractivity contribution in [2.75, 3.05) is 0 Å². The van der Waals surface area contributed by atoms with Crippen molar-refractivity contribution in [2.24, 2.45) is 0 Å². The van der Waals surface area contributed by atoms with Gasteiger partial charge in [-0.25, -0.2) is 0 Å². The van der Waals surface area contributed by atoms with Crippen LogP contribution in [0.25, 0.3) is 0 Å². The summed E-state index contributed by atoms with van der Waals surface area (Å²) < 4.78 is 6.15. The maximum atomic E-state index is 10.2. The zero-order chi connectivity index (χ0) is 11.2. The van der Waals surface area contributed by atoms with Gasteiger partial charge in [-0.15, -0.1) is 0 Å². The average molecular weight is 218 g/mol. The SMILES string of the molecule is Cc1ccc2c(c1)[C@H](O)CC1(CCCC1)O2. The first-order valence-electron chi connectivity index (χ1n) is 6.16. The van der Waals surface area contributed by atoms with Crippen molar-refractivity contribution in [3.05, 3.63) is 29.3 Å². The standard InChI is InChI=1S/C14H18O2/c1-10-4-5-13-11(8-10)12(15)9-14(16-13)6-2-3-7-14/h4-5,8,12,15H,2-3,6-7,9H2,1H3/t12-/m1/s1. The summed E-state index contributed by atoms with van der Waals surface area (Å²) in [5.74, 6) is 0.895. The van der Waals surface area contributed by atoms with Gasteiger partial charge in [0.15, 0.2) is 0 Å². The van der Waals surface area contributed by atoms with Gasteiger partial charge in [-0.2, -0.15) is 0 Å². The largest absolute Gasteiger partial charge is 0.487 e. The minimum absolute atomic E-state index is 0.0678. The predicted octanol–water partition coefficient (Wildman–Crippen LogP) is 3.12. The molecule has 1 saturated carbocycles. The number of aryl methyl sites for hydroxylation is 1. The van der Waals surface area contributed by atoms with Crippen LogP contribution in [0.1, 0.15) is 49.3 Å². The Morgan fingerprint density at radius 1 is 1.31 bits per heavy atom. The highest BCUT2D eigenvalue weighted by Crippen LogP contribution is 2.47. The molecule has 1 heterocycles. The molecule has 0 bridgehead atoms. The fraction of sp³-hybridized carbons (Fsp3) is 0.571. The van der Waals surface area contributed by atoms with E-state index in [1.807, 2.05) is 19.1 Å². The molecule has 3 rings (SSSR count). The summed E-state index contributed by atoms with van der Waals surface area (Å²) in [5, 5.41) is 10.2. The van der Waals surface area contributed by atoms with Crippen molar-refractivity contribution in [3.63, 3.8) is 0 Å². The molecule has 1 atom stereocenters. The van der Waals surface area contributed by atoms with Crippen molar-refractivity contribution < 1.29 is 9.84 Å². The lowest BCUT2D eigenvalue weighted by molar-refractivity contribution is -0.00941. The number of fused-ring (bicyclic) bond motifs is 1. The number of rotatable bonds is 0. The van der Waals surface area contributed by atoms with Crippen molar-refractivity contribution >= 4 is 0 Å². The number of aliphatic hydroxyl groups is 1. The number of hydrogen-bond acceptors (Lipinski definition) is 2. The fourth-order valence-corrected chi connectivity index (χ4v) is 3.08. The molecule has 2 nitrogen and oxygen atoms in total. The maximum absolute atomic E-state index is 10.2. The second kappa shape index (κ2) is 3.49. The third-order valence-corrected chi connectivity index (χ3v) is 3.93. The molecule has 1 aliphatic carbocycles. The zero-order valence-corrected chi connectivity index (χ0v) is 9.70. The van der Waals surface area contributed by atoms with Crippen molar-refractivity contribution in [1.82, 2.24) is 0 Å². The Kier molecular flexibility index (Phi) is 2.21. The third kappa shape index (κ3) is 1.52. The summed E-state index contributed by atoms with van der Waals surface area (Å²) in [4.78, 5) is 0. The Balaban J connectivity index is 1.99. The molecule has 1 aromatic carbocycles. The van der Waals surface area contributed by atoms with Gasteiger partial charge in [-0.1, -0.05) is 11.6 Å². The minimum Gasteiger partial charge on any atom is -0.487 e. The lowest BCUT2D eigenvalue weighted by Gasteiger charge is -2.38. The molecular weight excluding hydrogens is 200 g/mol. The molecule has 0 saturated heterocycles. The van der Waals surface area contributed by atoms with E-state index < -0.39 is 0 Å². The Morgan fingerprint density at radius 3 is 2.81 bits per heavy atom. The van der Waals surface area contributed by atoms with E-state index in [4.69, 9.17) is 4.74 Å². The lowest BCUT2D eigenvalue weighted by atomic mass is 9.87. The van der Waals surface area contributed by atoms with Crippen LogP contribution >= 0.6 is 0 Å². The number of hydrogen-bond donors (Lipinski definition) is 1. The highest BCUT2D eigenvalue weighted by Gasteiger charge is 2.42. The minimum atomic E-state index is -0.346. The van der Waals surface area contributed by atoms with Crippen LogP contribution in [0.2, 0.25) is 0 Å². The second-order valence-corrected chi connectivity index (χ2v) is 5.25. The molecule has 1 fully saturated rings. The molecule has 1 N–H and O–H groups in total. The molecule has 2 aliphatic rings. The molecule has 1 spiro atoms. The summed E-state index contributed by atoms with van der Waals surface area (Å²) in [6.07, 6.45) is 5.07. The highest BCUT2D eigenvalue weighted by molar-refractivity contribution is 5.41. The van der Waals surface area contributed by atoms with Crippen LogP contribution in [0.5, 0.6) is 5.75 Å². The summed E-state index contributed by atoms with van der Waals surface area (Å²) >= 11 is 0. The van der Waals surface area contributed by atoms with E-state index in [9.17, 15) is 5.11 Å². The summed E-state index contributed by atoms with van der Waals surface area (Å²) in [6, 6.07) is 6.11. The summed E-state index contributed by atoms with van der Waals surface area (Å²) in [7, 11) is 0. The smallest absolute Gasteiger partial charge is 0.125 e. The quantitative estimate of drug-likeness (QED) is 0.725. The van der Waals surface area contributed by atoms with E-state index in [1.54, 1.807) is 0 Å². The van der Waals surface area contributed by atoms with Gasteiger partial charge in [0, 0.05) is 12.0 Å². The number of benzene rings is 1. The molecule has 86 valence electrons. The van der Waals surface area contributed by atoms with Crippen LogP contribution < -0.4 is 4.74 Å². The van der Waals surface area contributed by atoms with Crippen LogP contribution in [0, 0.1) is 6.92 Å². The second-order valence-electron chi connectivity index (χ2n) is 5.25. The van der Waals surface area contributed by atoms with Gasteiger partial charge in [0.25, 0.3) is 0 Å². The van der Waals surface area contributed by atoms with Crippen LogP contribution in [0.15, 0.2) is 18.2 Å². The monoisotopic (exact) mass is 218 g/mol. The van der Waals surface area contributed by atoms with Gasteiger partial charge in [0.05, 0.1) is 6.10 Å². The van der Waals surface area contributed by atoms with Crippen LogP contribution in [0.4, 0.5) is 0 Å². The van der Waals surface area contributed by atoms with Gasteiger partial charge < -0.3 is 9.84 Å². The van der Waals surface area contributed by atoms with Gasteiger partial charge in [-0.05, 0) is 44.7 Å². The summed E-state index contributed by atoms with van der Waals surface area (Å²) in [5.41, 5.74) is 2.09. The van der Waals surface area contributed by atoms with Crippen molar-refractivity contribution in [3.8, 4) is 5.75 Å². The lowest BCUT2D eigenvalue weighted by Crippen LogP contribution is -2.38. The average Bonchev–Trinajstić information content (AvgIpc) is 2.68. The van der Waals surface area contributed by atoms with Crippen LogP contribution in [-0.2, 0) is 0 Å². The first-order chi connectivity index (χ1) is 7.69. The first-order valence-corrected chi connectivity index (χ1v) is 6.16. The molecule has 1 aromatic rings. The van der Waals surface area contributed by atoms with Crippen LogP contribution in [0.3, 0.4) is 0 Å². The molecular formula is C14H18O2. The topological polar surface area (TPSA) is 29.5 Å². The Morgan fingerprint density at radius 2 is 2.06 bits per heavy atom. The zero-order valence-electron chi connectivity index (χ0n) is 9.70. The maximum Gasteiger partial charge on any atom is 0.125 e. The molecule has 0 radical (unpaired) electrons. The number of aliphatic hydroxyl groups excluding tert-OH is 1. The molecule has 0 unspecified atom stereocenters. The van der Waals surface area contributed by atoms with Gasteiger partial charge in [0.2, 0.25) is 0 Å². The van der Waals surface area contributed by atoms with E-state index >= 15 is 0 Å². The molecule has 16 heavy (non-hydrogen) atoms. The summed E-state index contributed by atoms with van der Waals surface area (Å²) in [6.45, 7) is 2.05. The molecule has 1 aliphatic heterocycles. The van der Waals surface area contributed by atoms with E-state index in [0.717, 1.165) is 30.6 Å². The van der Waals surface area contributed by atoms with Crippen molar-refractivity contribution in [1.29, 1.82) is 0 Å². The molecule has 0 amide bonds. The Hall–Kier alpha value is -1.02.